The fourth-order valence-electron chi connectivity index (χ4n) is 5.00. The van der Waals surface area contributed by atoms with E-state index in [9.17, 15) is 14.8 Å². The van der Waals surface area contributed by atoms with E-state index in [0.717, 1.165) is 30.4 Å². The lowest BCUT2D eigenvalue weighted by Gasteiger charge is -2.30. The largest absolute Gasteiger partial charge is 0.624 e. The van der Waals surface area contributed by atoms with E-state index in [4.69, 9.17) is 9.47 Å². The Hall–Kier alpha value is -3.85. The van der Waals surface area contributed by atoms with Gasteiger partial charge in [-0.25, -0.2) is 4.74 Å². The van der Waals surface area contributed by atoms with Gasteiger partial charge in [-0.1, -0.05) is 66.8 Å². The molecule has 0 radical (unpaired) electrons. The van der Waals surface area contributed by atoms with Crippen molar-refractivity contribution in [1.29, 1.82) is 0 Å². The maximum atomic E-state index is 13.4. The first-order valence-electron chi connectivity index (χ1n) is 13.3. The zero-order valence-electron chi connectivity index (χ0n) is 22.4. The minimum atomic E-state index is -1.59. The van der Waals surface area contributed by atoms with E-state index in [2.05, 4.69) is 30.6 Å². The minimum absolute atomic E-state index is 0.0456. The van der Waals surface area contributed by atoms with Gasteiger partial charge in [0.05, 0.1) is 18.8 Å². The number of hydroxylamine groups is 1. The summed E-state index contributed by atoms with van der Waals surface area (Å²) in [6.07, 6.45) is 7.01. The lowest BCUT2D eigenvalue weighted by atomic mass is 9.80. The topological polar surface area (TPSA) is 78.7 Å². The maximum Gasteiger partial charge on any atom is 0.324 e. The van der Waals surface area contributed by atoms with Crippen molar-refractivity contribution in [2.45, 2.75) is 64.3 Å². The summed E-state index contributed by atoms with van der Waals surface area (Å²) in [4.78, 5) is 25.7. The second-order valence-corrected chi connectivity index (χ2v) is 9.44. The van der Waals surface area contributed by atoms with Crippen LogP contribution >= 0.6 is 0 Å². The molecule has 2 aromatic rings. The van der Waals surface area contributed by atoms with Crippen LogP contribution in [0.1, 0.15) is 75.0 Å². The molecule has 0 saturated heterocycles. The SMILES string of the molecule is C=CCC(CC#Cc1ccccc1/C=[N+](\[O-])[C@H]1CCCC[C@H]1c1ccccc1)(C(=O)OCC)C(=O)OCC. The summed E-state index contributed by atoms with van der Waals surface area (Å²) in [7, 11) is 0. The van der Waals surface area contributed by atoms with E-state index in [1.54, 1.807) is 20.1 Å². The summed E-state index contributed by atoms with van der Waals surface area (Å²) >= 11 is 0. The predicted octanol–water partition coefficient (Wildman–Crippen LogP) is 5.77. The van der Waals surface area contributed by atoms with Gasteiger partial charge in [-0.2, -0.15) is 0 Å². The highest BCUT2D eigenvalue weighted by atomic mass is 16.6. The van der Waals surface area contributed by atoms with Crippen molar-refractivity contribution in [3.05, 3.63) is 89.1 Å². The molecule has 0 bridgehead atoms. The zero-order valence-corrected chi connectivity index (χ0v) is 22.4. The van der Waals surface area contributed by atoms with E-state index in [1.807, 2.05) is 42.5 Å². The van der Waals surface area contributed by atoms with Crippen molar-refractivity contribution in [2.75, 3.05) is 13.2 Å². The van der Waals surface area contributed by atoms with Crippen LogP contribution in [0.2, 0.25) is 0 Å². The molecule has 0 aliphatic heterocycles. The minimum Gasteiger partial charge on any atom is -0.624 e. The number of hydrogen-bond donors (Lipinski definition) is 0. The van der Waals surface area contributed by atoms with E-state index in [1.165, 1.54) is 11.6 Å². The van der Waals surface area contributed by atoms with Crippen LogP contribution in [-0.2, 0) is 19.1 Å². The Labute approximate surface area is 225 Å². The summed E-state index contributed by atoms with van der Waals surface area (Å²) in [5.74, 6) is 4.88. The molecule has 1 aliphatic rings. The molecule has 0 heterocycles. The molecule has 0 aromatic heterocycles. The van der Waals surface area contributed by atoms with E-state index < -0.39 is 17.4 Å². The fourth-order valence-corrected chi connectivity index (χ4v) is 5.00. The standard InChI is InChI=1S/C32H37NO5/c1-4-22-32(30(34)37-5-2,31(35)38-6-3)23-14-19-25-15-10-11-18-27(25)24-33(36)29-21-13-12-20-28(29)26-16-8-7-9-17-26/h4,7-11,15-18,24,28-29H,1,5-6,12-13,20-23H2,2-3H3/b33-24-/t28-,29-/m0/s1. The number of nitrogens with zero attached hydrogens (tertiary/aromatic N) is 1. The third kappa shape index (κ3) is 6.92. The van der Waals surface area contributed by atoms with Gasteiger partial charge in [0.2, 0.25) is 0 Å². The highest BCUT2D eigenvalue weighted by molar-refractivity contribution is 6.00. The van der Waals surface area contributed by atoms with Crippen LogP contribution in [0, 0.1) is 22.5 Å². The lowest BCUT2D eigenvalue weighted by molar-refractivity contribution is -0.504. The molecule has 6 nitrogen and oxygen atoms in total. The highest BCUT2D eigenvalue weighted by Crippen LogP contribution is 2.35. The molecule has 0 unspecified atom stereocenters. The number of allylic oxidation sites excluding steroid dienone is 1. The second kappa shape index (κ2) is 14.2. The number of carbonyl (C=O) groups excluding carboxylic acids is 2. The quantitative estimate of drug-likeness (QED) is 0.0586. The van der Waals surface area contributed by atoms with Gasteiger partial charge in [0.1, 0.15) is 0 Å². The third-order valence-corrected chi connectivity index (χ3v) is 6.95. The number of hydrogen-bond acceptors (Lipinski definition) is 5. The smallest absolute Gasteiger partial charge is 0.324 e. The summed E-state index contributed by atoms with van der Waals surface area (Å²) < 4.78 is 11.5. The Kier molecular flexibility index (Phi) is 10.7. The zero-order chi connectivity index (χ0) is 27.4. The van der Waals surface area contributed by atoms with E-state index >= 15 is 0 Å². The van der Waals surface area contributed by atoms with E-state index in [0.29, 0.717) is 11.1 Å². The van der Waals surface area contributed by atoms with Crippen LogP contribution in [-0.4, -0.2) is 42.1 Å². The predicted molar refractivity (Wildman–Crippen MR) is 149 cm³/mol. The van der Waals surface area contributed by atoms with Crippen LogP contribution < -0.4 is 0 Å². The van der Waals surface area contributed by atoms with Crippen LogP contribution in [0.15, 0.2) is 67.3 Å². The number of esters is 2. The van der Waals surface area contributed by atoms with Crippen LogP contribution in [0.3, 0.4) is 0 Å². The Morgan fingerprint density at radius 2 is 1.66 bits per heavy atom. The molecule has 38 heavy (non-hydrogen) atoms. The van der Waals surface area contributed by atoms with Gasteiger partial charge in [0, 0.05) is 24.3 Å². The number of benzene rings is 2. The molecule has 3 rings (SSSR count). The van der Waals surface area contributed by atoms with Gasteiger partial charge in [-0.05, 0) is 50.8 Å². The van der Waals surface area contributed by atoms with Crippen molar-refractivity contribution in [2.24, 2.45) is 5.41 Å². The summed E-state index contributed by atoms with van der Waals surface area (Å²) in [6, 6.07) is 17.4. The highest BCUT2D eigenvalue weighted by Gasteiger charge is 2.47. The molecule has 200 valence electrons. The normalized spacial score (nSPS) is 17.6. The summed E-state index contributed by atoms with van der Waals surface area (Å²) in [5, 5.41) is 13.4. The van der Waals surface area contributed by atoms with Crippen LogP contribution in [0.5, 0.6) is 0 Å². The molecule has 2 aromatic carbocycles. The van der Waals surface area contributed by atoms with Crippen molar-refractivity contribution >= 4 is 18.2 Å². The average molecular weight is 516 g/mol. The molecule has 1 saturated carbocycles. The van der Waals surface area contributed by atoms with Crippen molar-refractivity contribution < 1.29 is 23.8 Å². The third-order valence-electron chi connectivity index (χ3n) is 6.95. The van der Waals surface area contributed by atoms with Gasteiger partial charge in [-0.15, -0.1) is 6.58 Å². The van der Waals surface area contributed by atoms with Gasteiger partial charge in [0.25, 0.3) is 0 Å². The molecule has 0 spiro atoms. The molecule has 2 atom stereocenters. The monoisotopic (exact) mass is 515 g/mol. The molecular formula is C32H37NO5. The Morgan fingerprint density at radius 1 is 1.03 bits per heavy atom. The van der Waals surface area contributed by atoms with Crippen molar-refractivity contribution in [1.82, 2.24) is 0 Å². The van der Waals surface area contributed by atoms with Gasteiger partial charge in [0.15, 0.2) is 17.7 Å². The lowest BCUT2D eigenvalue weighted by Crippen LogP contribution is -2.41. The fraction of sp³-hybridized carbons (Fsp3) is 0.406. The molecular weight excluding hydrogens is 478 g/mol. The Balaban J connectivity index is 1.91. The first-order chi connectivity index (χ1) is 18.5. The number of carbonyl (C=O) groups is 2. The van der Waals surface area contributed by atoms with Gasteiger partial charge in [-0.3, -0.25) is 9.59 Å². The molecule has 6 heteroatoms. The molecule has 1 fully saturated rings. The summed E-state index contributed by atoms with van der Waals surface area (Å²) in [5.41, 5.74) is 0.931. The second-order valence-electron chi connectivity index (χ2n) is 9.44. The molecule has 0 amide bonds. The Bertz CT molecular complexity index is 1170. The maximum absolute atomic E-state index is 13.4. The average Bonchev–Trinajstić information content (AvgIpc) is 2.94. The van der Waals surface area contributed by atoms with Gasteiger partial charge < -0.3 is 14.7 Å². The number of rotatable bonds is 10. The van der Waals surface area contributed by atoms with Crippen molar-refractivity contribution in [3.8, 4) is 11.8 Å². The van der Waals surface area contributed by atoms with Crippen LogP contribution in [0.25, 0.3) is 0 Å². The first kappa shape index (κ1) is 28.7. The molecule has 1 aliphatic carbocycles. The van der Waals surface area contributed by atoms with Crippen molar-refractivity contribution in [3.63, 3.8) is 0 Å². The first-order valence-corrected chi connectivity index (χ1v) is 13.3. The molecule has 0 N–H and O–H groups in total. The summed E-state index contributed by atoms with van der Waals surface area (Å²) in [6.45, 7) is 7.34. The van der Waals surface area contributed by atoms with E-state index in [-0.39, 0.29) is 38.0 Å². The van der Waals surface area contributed by atoms with Gasteiger partial charge >= 0.3 is 11.9 Å². The van der Waals surface area contributed by atoms with Crippen LogP contribution in [0.4, 0.5) is 0 Å². The number of ether oxygens (including phenoxy) is 2. The Morgan fingerprint density at radius 3 is 2.32 bits per heavy atom.